The van der Waals surface area contributed by atoms with Gasteiger partial charge in [-0.2, -0.15) is 0 Å². The first kappa shape index (κ1) is 15.6. The number of nitrogens with one attached hydrogen (secondary N) is 1. The molecule has 1 N–H and O–H groups in total. The Kier molecular flexibility index (Phi) is 5.07. The van der Waals surface area contributed by atoms with E-state index in [0.29, 0.717) is 11.1 Å². The van der Waals surface area contributed by atoms with E-state index >= 15 is 0 Å². The molecule has 1 atom stereocenters. The number of aryl methyl sites for hydroxylation is 2. The van der Waals surface area contributed by atoms with E-state index in [1.165, 1.54) is 0 Å². The molecule has 2 aromatic carbocycles. The highest BCUT2D eigenvalue weighted by atomic mass is 19.1. The summed E-state index contributed by atoms with van der Waals surface area (Å²) in [5, 5.41) is 3.37. The van der Waals surface area contributed by atoms with Crippen molar-refractivity contribution < 1.29 is 8.78 Å². The number of halogens is 2. The van der Waals surface area contributed by atoms with Crippen molar-refractivity contribution in [1.82, 2.24) is 5.32 Å². The van der Waals surface area contributed by atoms with Gasteiger partial charge in [-0.05, 0) is 49.6 Å². The van der Waals surface area contributed by atoms with Crippen molar-refractivity contribution in [2.45, 2.75) is 33.2 Å². The van der Waals surface area contributed by atoms with E-state index in [4.69, 9.17) is 0 Å². The molecule has 0 saturated carbocycles. The second-order valence-electron chi connectivity index (χ2n) is 5.37. The Morgan fingerprint density at radius 2 is 1.67 bits per heavy atom. The van der Waals surface area contributed by atoms with Crippen LogP contribution < -0.4 is 5.32 Å². The molecule has 0 saturated heterocycles. The van der Waals surface area contributed by atoms with Gasteiger partial charge in [0, 0.05) is 11.6 Å². The van der Waals surface area contributed by atoms with E-state index in [-0.39, 0.29) is 6.04 Å². The molecule has 0 heterocycles. The molecule has 0 aliphatic carbocycles. The van der Waals surface area contributed by atoms with Crippen molar-refractivity contribution in [1.29, 1.82) is 0 Å². The van der Waals surface area contributed by atoms with Crippen molar-refractivity contribution >= 4 is 0 Å². The zero-order valence-electron chi connectivity index (χ0n) is 12.7. The quantitative estimate of drug-likeness (QED) is 0.843. The summed E-state index contributed by atoms with van der Waals surface area (Å²) in [5.41, 5.74) is 3.07. The van der Waals surface area contributed by atoms with Crippen LogP contribution in [0.1, 0.15) is 41.6 Å². The van der Waals surface area contributed by atoms with Crippen LogP contribution in [0.2, 0.25) is 0 Å². The van der Waals surface area contributed by atoms with Gasteiger partial charge in [-0.15, -0.1) is 0 Å². The van der Waals surface area contributed by atoms with Crippen LogP contribution in [0.3, 0.4) is 0 Å². The van der Waals surface area contributed by atoms with Gasteiger partial charge in [0.25, 0.3) is 0 Å². The molecular formula is C18H21F2N. The average Bonchev–Trinajstić information content (AvgIpc) is 2.46. The zero-order chi connectivity index (χ0) is 15.4. The largest absolute Gasteiger partial charge is 0.306 e. The normalized spacial score (nSPS) is 12.4. The van der Waals surface area contributed by atoms with Gasteiger partial charge in [0.1, 0.15) is 11.6 Å². The standard InChI is InChI=1S/C18H21F2N/c1-4-9-21-18(14-8-6-5-7-12(14)2)15-10-13(3)16(19)11-17(15)20/h5-8,10-11,18,21H,4,9H2,1-3H3. The molecule has 0 fully saturated rings. The lowest BCUT2D eigenvalue weighted by molar-refractivity contribution is 0.529. The third-order valence-electron chi connectivity index (χ3n) is 3.69. The topological polar surface area (TPSA) is 12.0 Å². The van der Waals surface area contributed by atoms with Gasteiger partial charge in [-0.3, -0.25) is 0 Å². The van der Waals surface area contributed by atoms with Gasteiger partial charge in [0.2, 0.25) is 0 Å². The molecule has 112 valence electrons. The van der Waals surface area contributed by atoms with Crippen molar-refractivity contribution in [3.05, 3.63) is 70.3 Å². The van der Waals surface area contributed by atoms with E-state index in [2.05, 4.69) is 12.2 Å². The fourth-order valence-corrected chi connectivity index (χ4v) is 2.49. The maximum Gasteiger partial charge on any atom is 0.131 e. The third kappa shape index (κ3) is 3.48. The fourth-order valence-electron chi connectivity index (χ4n) is 2.49. The Balaban J connectivity index is 2.51. The molecule has 0 aliphatic rings. The molecular weight excluding hydrogens is 268 g/mol. The van der Waals surface area contributed by atoms with Gasteiger partial charge in [0.15, 0.2) is 0 Å². The highest BCUT2D eigenvalue weighted by Gasteiger charge is 2.20. The smallest absolute Gasteiger partial charge is 0.131 e. The summed E-state index contributed by atoms with van der Waals surface area (Å²) in [7, 11) is 0. The van der Waals surface area contributed by atoms with E-state index in [9.17, 15) is 8.78 Å². The van der Waals surface area contributed by atoms with Crippen LogP contribution in [-0.2, 0) is 0 Å². The first-order valence-corrected chi connectivity index (χ1v) is 7.29. The van der Waals surface area contributed by atoms with Gasteiger partial charge in [-0.25, -0.2) is 8.78 Å². The summed E-state index contributed by atoms with van der Waals surface area (Å²) in [6.07, 6.45) is 0.949. The highest BCUT2D eigenvalue weighted by molar-refractivity contribution is 5.39. The van der Waals surface area contributed by atoms with Crippen molar-refractivity contribution in [3.8, 4) is 0 Å². The summed E-state index contributed by atoms with van der Waals surface area (Å²) in [6, 6.07) is 10.2. The van der Waals surface area contributed by atoms with E-state index in [1.807, 2.05) is 31.2 Å². The minimum atomic E-state index is -0.505. The van der Waals surface area contributed by atoms with Crippen molar-refractivity contribution in [2.75, 3.05) is 6.54 Å². The van der Waals surface area contributed by atoms with Gasteiger partial charge in [-0.1, -0.05) is 31.2 Å². The fraction of sp³-hybridized carbons (Fsp3) is 0.333. The van der Waals surface area contributed by atoms with Crippen LogP contribution >= 0.6 is 0 Å². The molecule has 21 heavy (non-hydrogen) atoms. The van der Waals surface area contributed by atoms with Crippen LogP contribution in [0.5, 0.6) is 0 Å². The van der Waals surface area contributed by atoms with Crippen LogP contribution in [0.25, 0.3) is 0 Å². The molecule has 0 amide bonds. The van der Waals surface area contributed by atoms with Crippen LogP contribution in [0.4, 0.5) is 8.78 Å². The predicted octanol–water partition coefficient (Wildman–Crippen LogP) is 4.67. The number of hydrogen-bond acceptors (Lipinski definition) is 1. The summed E-state index contributed by atoms with van der Waals surface area (Å²) >= 11 is 0. The number of hydrogen-bond donors (Lipinski definition) is 1. The van der Waals surface area contributed by atoms with Crippen LogP contribution in [0, 0.1) is 25.5 Å². The lowest BCUT2D eigenvalue weighted by atomic mass is 9.93. The van der Waals surface area contributed by atoms with Crippen LogP contribution in [-0.4, -0.2) is 6.54 Å². The number of rotatable bonds is 5. The Bertz CT molecular complexity index is 623. The zero-order valence-corrected chi connectivity index (χ0v) is 12.7. The highest BCUT2D eigenvalue weighted by Crippen LogP contribution is 2.28. The second-order valence-corrected chi connectivity index (χ2v) is 5.37. The van der Waals surface area contributed by atoms with Gasteiger partial charge < -0.3 is 5.32 Å². The van der Waals surface area contributed by atoms with E-state index in [1.54, 1.807) is 13.0 Å². The summed E-state index contributed by atoms with van der Waals surface area (Å²) < 4.78 is 27.7. The monoisotopic (exact) mass is 289 g/mol. The van der Waals surface area contributed by atoms with Crippen LogP contribution in [0.15, 0.2) is 36.4 Å². The molecule has 0 bridgehead atoms. The predicted molar refractivity (Wildman–Crippen MR) is 82.4 cm³/mol. The van der Waals surface area contributed by atoms with Crippen molar-refractivity contribution in [3.63, 3.8) is 0 Å². The first-order valence-electron chi connectivity index (χ1n) is 7.29. The Morgan fingerprint density at radius 3 is 2.33 bits per heavy atom. The molecule has 0 aliphatic heterocycles. The maximum absolute atomic E-state index is 14.2. The molecule has 1 nitrogen and oxygen atoms in total. The van der Waals surface area contributed by atoms with E-state index in [0.717, 1.165) is 30.2 Å². The summed E-state index contributed by atoms with van der Waals surface area (Å²) in [5.74, 6) is -1.01. The molecule has 0 radical (unpaired) electrons. The SMILES string of the molecule is CCCNC(c1ccccc1C)c1cc(C)c(F)cc1F. The first-order chi connectivity index (χ1) is 10.0. The summed E-state index contributed by atoms with van der Waals surface area (Å²) in [6.45, 7) is 6.50. The van der Waals surface area contributed by atoms with Gasteiger partial charge in [0.05, 0.1) is 6.04 Å². The Morgan fingerprint density at radius 1 is 0.952 bits per heavy atom. The summed E-state index contributed by atoms with van der Waals surface area (Å²) in [4.78, 5) is 0. The lowest BCUT2D eigenvalue weighted by Crippen LogP contribution is -2.25. The Labute approximate surface area is 125 Å². The molecule has 0 spiro atoms. The molecule has 2 aromatic rings. The second kappa shape index (κ2) is 6.81. The number of benzene rings is 2. The molecule has 0 aromatic heterocycles. The average molecular weight is 289 g/mol. The molecule has 3 heteroatoms. The minimum absolute atomic E-state index is 0.259. The van der Waals surface area contributed by atoms with Crippen molar-refractivity contribution in [2.24, 2.45) is 0 Å². The minimum Gasteiger partial charge on any atom is -0.306 e. The van der Waals surface area contributed by atoms with E-state index < -0.39 is 11.6 Å². The lowest BCUT2D eigenvalue weighted by Gasteiger charge is -2.22. The Hall–Kier alpha value is -1.74. The molecule has 1 unspecified atom stereocenters. The molecule has 2 rings (SSSR count). The maximum atomic E-state index is 14.2. The van der Waals surface area contributed by atoms with Gasteiger partial charge >= 0.3 is 0 Å². The third-order valence-corrected chi connectivity index (χ3v) is 3.69.